The third-order valence-electron chi connectivity index (χ3n) is 10.7. The molecule has 0 radical (unpaired) electrons. The largest absolute Gasteiger partial charge is 0.444 e. The summed E-state index contributed by atoms with van der Waals surface area (Å²) in [5, 5.41) is 5.05. The van der Waals surface area contributed by atoms with Crippen molar-refractivity contribution in [1.82, 2.24) is 24.5 Å². The predicted molar refractivity (Wildman–Crippen MR) is 234 cm³/mol. The van der Waals surface area contributed by atoms with Crippen molar-refractivity contribution in [3.8, 4) is 22.4 Å². The van der Waals surface area contributed by atoms with Crippen molar-refractivity contribution in [2.24, 2.45) is 0 Å². The van der Waals surface area contributed by atoms with Gasteiger partial charge in [-0.25, -0.2) is 9.78 Å². The highest BCUT2D eigenvalue weighted by molar-refractivity contribution is 6.76. The SMILES string of the molecule is C=C(C)c1c(C2CC3CCC(C2)N3C(=O)OC(C)(C)C)nc2c(-c3ccc(-c4ccccc4)nc3)cnn2c1N(COCC[Si](C)(C)C)COCC[Si](C)(C)C. The lowest BCUT2D eigenvalue weighted by Crippen LogP contribution is -2.48. The van der Waals surface area contributed by atoms with Gasteiger partial charge in [0.1, 0.15) is 24.9 Å². The van der Waals surface area contributed by atoms with Gasteiger partial charge in [0.25, 0.3) is 0 Å². The molecule has 5 heterocycles. The lowest BCUT2D eigenvalue weighted by molar-refractivity contribution is 0.00568. The topological polar surface area (TPSA) is 94.3 Å². The Kier molecular flexibility index (Phi) is 12.6. The molecule has 4 aromatic rings. The molecule has 0 N–H and O–H groups in total. The Balaban J connectivity index is 1.45. The van der Waals surface area contributed by atoms with E-state index in [1.54, 1.807) is 0 Å². The molecule has 1 amide bonds. The molecular weight excluding hydrogens is 733 g/mol. The Hall–Kier alpha value is -3.85. The minimum atomic E-state index is -1.31. The summed E-state index contributed by atoms with van der Waals surface area (Å²) in [6.45, 7) is 28.7. The maximum atomic E-state index is 13.5. The summed E-state index contributed by atoms with van der Waals surface area (Å²) in [6.07, 6.45) is 7.12. The molecule has 302 valence electrons. The van der Waals surface area contributed by atoms with E-state index in [9.17, 15) is 4.79 Å². The van der Waals surface area contributed by atoms with Gasteiger partial charge in [-0.2, -0.15) is 9.61 Å². The molecule has 0 aliphatic carbocycles. The van der Waals surface area contributed by atoms with Gasteiger partial charge >= 0.3 is 6.09 Å². The summed E-state index contributed by atoms with van der Waals surface area (Å²) in [5.41, 5.74) is 6.90. The molecule has 3 aromatic heterocycles. The average molecular weight is 797 g/mol. The van der Waals surface area contributed by atoms with Crippen LogP contribution in [0.15, 0.2) is 61.4 Å². The first-order valence-corrected chi connectivity index (χ1v) is 27.8. The van der Waals surface area contributed by atoms with Gasteiger partial charge in [0.15, 0.2) is 5.65 Å². The van der Waals surface area contributed by atoms with Gasteiger partial charge < -0.3 is 24.0 Å². The van der Waals surface area contributed by atoms with E-state index in [-0.39, 0.29) is 24.1 Å². The van der Waals surface area contributed by atoms with Crippen molar-refractivity contribution in [2.45, 2.75) is 128 Å². The number of hydrogen-bond acceptors (Lipinski definition) is 8. The Morgan fingerprint density at radius 3 is 2.00 bits per heavy atom. The molecule has 2 unspecified atom stereocenters. The van der Waals surface area contributed by atoms with Crippen molar-refractivity contribution in [3.63, 3.8) is 0 Å². The first-order valence-electron chi connectivity index (χ1n) is 20.4. The van der Waals surface area contributed by atoms with Gasteiger partial charge in [-0.05, 0) is 77.1 Å². The lowest BCUT2D eigenvalue weighted by atomic mass is 9.85. The van der Waals surface area contributed by atoms with Crippen molar-refractivity contribution in [2.75, 3.05) is 31.6 Å². The minimum absolute atomic E-state index is 0.0815. The van der Waals surface area contributed by atoms with Crippen LogP contribution in [0.2, 0.25) is 51.4 Å². The molecule has 2 aliphatic rings. The van der Waals surface area contributed by atoms with Crippen LogP contribution in [-0.4, -0.2) is 91.1 Å². The van der Waals surface area contributed by atoms with Crippen molar-refractivity contribution in [3.05, 3.63) is 72.7 Å². The quantitative estimate of drug-likeness (QED) is 0.0667. The van der Waals surface area contributed by atoms with Gasteiger partial charge in [-0.15, -0.1) is 0 Å². The summed E-state index contributed by atoms with van der Waals surface area (Å²) in [6, 6.07) is 16.7. The number of rotatable bonds is 15. The second-order valence-electron chi connectivity index (χ2n) is 19.2. The summed E-state index contributed by atoms with van der Waals surface area (Å²) in [7, 11) is -2.63. The molecule has 56 heavy (non-hydrogen) atoms. The highest BCUT2D eigenvalue weighted by Gasteiger charge is 2.46. The van der Waals surface area contributed by atoms with E-state index in [0.29, 0.717) is 26.7 Å². The Bertz CT molecular complexity index is 1950. The van der Waals surface area contributed by atoms with Gasteiger partial charge in [0.2, 0.25) is 0 Å². The lowest BCUT2D eigenvalue weighted by Gasteiger charge is -2.40. The zero-order chi connectivity index (χ0) is 40.4. The number of fused-ring (bicyclic) bond motifs is 3. The third-order valence-corrected chi connectivity index (χ3v) is 14.1. The van der Waals surface area contributed by atoms with E-state index >= 15 is 0 Å². The van der Waals surface area contributed by atoms with Crippen molar-refractivity contribution in [1.29, 1.82) is 0 Å². The number of pyridine rings is 1. The Morgan fingerprint density at radius 2 is 1.48 bits per heavy atom. The van der Waals surface area contributed by atoms with Crippen molar-refractivity contribution < 1.29 is 19.0 Å². The fourth-order valence-corrected chi connectivity index (χ4v) is 9.32. The monoisotopic (exact) mass is 796 g/mol. The van der Waals surface area contributed by atoms with E-state index in [1.165, 1.54) is 0 Å². The number of nitrogens with zero attached hydrogens (tertiary/aromatic N) is 6. The number of hydrogen-bond donors (Lipinski definition) is 0. The maximum Gasteiger partial charge on any atom is 0.410 e. The van der Waals surface area contributed by atoms with Crippen LogP contribution in [-0.2, 0) is 14.2 Å². The van der Waals surface area contributed by atoms with Gasteiger partial charge in [-0.1, -0.05) is 82.3 Å². The maximum absolute atomic E-state index is 13.5. The minimum Gasteiger partial charge on any atom is -0.444 e. The summed E-state index contributed by atoms with van der Waals surface area (Å²) < 4.78 is 20.9. The molecule has 2 saturated heterocycles. The van der Waals surface area contributed by atoms with Gasteiger partial charge in [-0.3, -0.25) is 4.98 Å². The van der Waals surface area contributed by atoms with Crippen LogP contribution >= 0.6 is 0 Å². The number of carbonyl (C=O) groups excluding carboxylic acids is 1. The molecule has 6 rings (SSSR count). The highest BCUT2D eigenvalue weighted by atomic mass is 28.3. The molecule has 10 nitrogen and oxygen atoms in total. The van der Waals surface area contributed by atoms with Crippen LogP contribution in [0, 0.1) is 0 Å². The van der Waals surface area contributed by atoms with E-state index in [4.69, 9.17) is 29.3 Å². The molecule has 12 heteroatoms. The molecule has 2 fully saturated rings. The molecule has 0 spiro atoms. The van der Waals surface area contributed by atoms with E-state index in [0.717, 1.165) is 88.5 Å². The highest BCUT2D eigenvalue weighted by Crippen LogP contribution is 2.47. The summed E-state index contributed by atoms with van der Waals surface area (Å²) in [4.78, 5) is 28.1. The van der Waals surface area contributed by atoms with E-state index in [1.807, 2.05) is 60.8 Å². The first-order chi connectivity index (χ1) is 26.4. The van der Waals surface area contributed by atoms with Crippen LogP contribution in [0.25, 0.3) is 33.6 Å². The third kappa shape index (κ3) is 10.2. The van der Waals surface area contributed by atoms with Crippen LogP contribution < -0.4 is 4.90 Å². The van der Waals surface area contributed by atoms with Crippen LogP contribution in [0.3, 0.4) is 0 Å². The molecular formula is C44H64N6O4Si2. The normalized spacial score (nSPS) is 18.8. The van der Waals surface area contributed by atoms with Crippen LogP contribution in [0.5, 0.6) is 0 Å². The number of piperidine rings is 1. The molecule has 2 atom stereocenters. The van der Waals surface area contributed by atoms with Crippen LogP contribution in [0.4, 0.5) is 10.6 Å². The van der Waals surface area contributed by atoms with Gasteiger partial charge in [0.05, 0.1) is 17.6 Å². The smallest absolute Gasteiger partial charge is 0.410 e. The van der Waals surface area contributed by atoms with Gasteiger partial charge in [0, 0.05) is 75.8 Å². The number of anilines is 1. The second-order valence-corrected chi connectivity index (χ2v) is 30.5. The van der Waals surface area contributed by atoms with Crippen LogP contribution in [0.1, 0.15) is 70.6 Å². The Morgan fingerprint density at radius 1 is 0.875 bits per heavy atom. The van der Waals surface area contributed by atoms with E-state index in [2.05, 4.69) is 82.0 Å². The fourth-order valence-electron chi connectivity index (χ4n) is 7.81. The molecule has 2 bridgehead atoms. The number of amides is 1. The summed E-state index contributed by atoms with van der Waals surface area (Å²) in [5.74, 6) is 0.978. The first kappa shape index (κ1) is 41.8. The fraction of sp³-hybridized carbons (Fsp3) is 0.545. The predicted octanol–water partition coefficient (Wildman–Crippen LogP) is 10.6. The van der Waals surface area contributed by atoms with Crippen molar-refractivity contribution >= 4 is 39.3 Å². The number of allylic oxidation sites excluding steroid dienone is 1. The number of carbonyl (C=O) groups is 1. The Labute approximate surface area is 336 Å². The summed E-state index contributed by atoms with van der Waals surface area (Å²) >= 11 is 0. The standard InChI is InChI=1S/C44H64N6O4Si2/c1-31(2)39-40(34-25-35-18-19-36(26-34)49(35)43(51)54-44(3,4)5)47-41-37(33-17-20-38(45-27-33)32-15-13-12-14-16-32)28-46-50(41)42(39)48(29-52-21-23-55(6,7)8)30-53-22-24-56(9,10)11/h12-17,20,27-28,34-36H,1,18-19,21-26,29-30H2,2-11H3. The molecule has 2 aliphatic heterocycles. The molecule has 0 saturated carbocycles. The number of ether oxygens (including phenoxy) is 3. The zero-order valence-corrected chi connectivity index (χ0v) is 37.5. The van der Waals surface area contributed by atoms with E-state index < -0.39 is 21.7 Å². The zero-order valence-electron chi connectivity index (χ0n) is 35.5. The average Bonchev–Trinajstić information content (AvgIpc) is 3.66. The second kappa shape index (κ2) is 16.9. The molecule has 1 aromatic carbocycles. The number of aromatic nitrogens is 4. The number of benzene rings is 1.